The van der Waals surface area contributed by atoms with Gasteiger partial charge in [-0.1, -0.05) is 24.3 Å². The molecule has 1 nitrogen and oxygen atoms in total. The number of allylic oxidation sites excluding steroid dienone is 3. The predicted octanol–water partition coefficient (Wildman–Crippen LogP) is 1.73. The number of rotatable bonds is 0. The van der Waals surface area contributed by atoms with Crippen LogP contribution < -0.4 is 5.32 Å². The molecule has 1 aliphatic carbocycles. The summed E-state index contributed by atoms with van der Waals surface area (Å²) in [4.78, 5) is 0. The molecule has 0 bridgehead atoms. The zero-order valence-electron chi connectivity index (χ0n) is 6.96. The molecule has 0 radical (unpaired) electrons. The van der Waals surface area contributed by atoms with Crippen LogP contribution in [0.5, 0.6) is 0 Å². The van der Waals surface area contributed by atoms with Crippen LogP contribution in [0.3, 0.4) is 0 Å². The van der Waals surface area contributed by atoms with Gasteiger partial charge in [0.25, 0.3) is 0 Å². The van der Waals surface area contributed by atoms with Crippen molar-refractivity contribution < 1.29 is 0 Å². The molecular weight excluding hydrogens is 134 g/mol. The highest BCUT2D eigenvalue weighted by Crippen LogP contribution is 2.28. The van der Waals surface area contributed by atoms with Gasteiger partial charge in [0, 0.05) is 6.04 Å². The van der Waals surface area contributed by atoms with Crippen molar-refractivity contribution >= 4 is 0 Å². The van der Waals surface area contributed by atoms with Crippen molar-refractivity contribution in [3.05, 3.63) is 24.3 Å². The summed E-state index contributed by atoms with van der Waals surface area (Å²) in [6.07, 6.45) is 10.3. The highest BCUT2D eigenvalue weighted by Gasteiger charge is 2.27. The lowest BCUT2D eigenvalue weighted by molar-refractivity contribution is 0.282. The van der Waals surface area contributed by atoms with E-state index in [0.29, 0.717) is 6.04 Å². The molecule has 3 unspecified atom stereocenters. The normalized spacial score (nSPS) is 42.1. The summed E-state index contributed by atoms with van der Waals surface area (Å²) in [6.45, 7) is 3.46. The average molecular weight is 149 g/mol. The number of fused-ring (bicyclic) bond motifs is 1. The Morgan fingerprint density at radius 2 is 2.09 bits per heavy atom. The zero-order valence-corrected chi connectivity index (χ0v) is 6.96. The molecule has 0 spiro atoms. The molecule has 1 heterocycles. The summed E-state index contributed by atoms with van der Waals surface area (Å²) >= 11 is 0. The van der Waals surface area contributed by atoms with E-state index in [9.17, 15) is 0 Å². The first-order valence-electron chi connectivity index (χ1n) is 4.46. The molecule has 2 aliphatic rings. The number of hydrogen-bond acceptors (Lipinski definition) is 1. The average Bonchev–Trinajstić information content (AvgIpc) is 2.06. The summed E-state index contributed by atoms with van der Waals surface area (Å²) in [5, 5.41) is 3.50. The van der Waals surface area contributed by atoms with Crippen LogP contribution in [0.2, 0.25) is 0 Å². The van der Waals surface area contributed by atoms with Crippen LogP contribution in [0.4, 0.5) is 0 Å². The topological polar surface area (TPSA) is 12.0 Å². The molecule has 3 atom stereocenters. The lowest BCUT2D eigenvalue weighted by atomic mass is 9.79. The second-order valence-electron chi connectivity index (χ2n) is 3.54. The van der Waals surface area contributed by atoms with Gasteiger partial charge in [-0.3, -0.25) is 0 Å². The minimum absolute atomic E-state index is 0.662. The van der Waals surface area contributed by atoms with Gasteiger partial charge in [-0.05, 0) is 31.7 Å². The second-order valence-corrected chi connectivity index (χ2v) is 3.54. The van der Waals surface area contributed by atoms with Gasteiger partial charge < -0.3 is 5.32 Å². The fourth-order valence-electron chi connectivity index (χ4n) is 2.11. The standard InChI is InChI=1S/C10H15N/c1-8-10-5-3-2-4-9(10)6-7-11-8/h2-5,8-11H,6-7H2,1H3. The largest absolute Gasteiger partial charge is 0.314 e. The highest BCUT2D eigenvalue weighted by atomic mass is 14.9. The van der Waals surface area contributed by atoms with E-state index in [1.807, 2.05) is 0 Å². The Morgan fingerprint density at radius 3 is 2.91 bits per heavy atom. The minimum Gasteiger partial charge on any atom is -0.314 e. The molecule has 1 saturated heterocycles. The van der Waals surface area contributed by atoms with Crippen LogP contribution in [0.25, 0.3) is 0 Å². The molecule has 0 aromatic rings. The van der Waals surface area contributed by atoms with Gasteiger partial charge in [0.15, 0.2) is 0 Å². The lowest BCUT2D eigenvalue weighted by Crippen LogP contribution is -2.43. The maximum atomic E-state index is 3.50. The monoisotopic (exact) mass is 149 g/mol. The molecule has 0 saturated carbocycles. The van der Waals surface area contributed by atoms with Crippen molar-refractivity contribution in [2.75, 3.05) is 6.54 Å². The Morgan fingerprint density at radius 1 is 1.27 bits per heavy atom. The molecule has 0 amide bonds. The van der Waals surface area contributed by atoms with E-state index in [1.165, 1.54) is 13.0 Å². The van der Waals surface area contributed by atoms with Crippen LogP contribution >= 0.6 is 0 Å². The molecule has 0 aromatic carbocycles. The Kier molecular flexibility index (Phi) is 1.82. The van der Waals surface area contributed by atoms with Crippen LogP contribution in [0, 0.1) is 11.8 Å². The molecule has 0 aromatic heterocycles. The SMILES string of the molecule is CC1NCCC2C=CC=CC21. The Balaban J connectivity index is 2.14. The summed E-state index contributed by atoms with van der Waals surface area (Å²) in [5.41, 5.74) is 0. The number of piperidine rings is 1. The van der Waals surface area contributed by atoms with Crippen LogP contribution in [0.15, 0.2) is 24.3 Å². The molecule has 1 N–H and O–H groups in total. The van der Waals surface area contributed by atoms with Gasteiger partial charge in [0.05, 0.1) is 0 Å². The number of nitrogens with one attached hydrogen (secondary N) is 1. The Hall–Kier alpha value is -0.560. The van der Waals surface area contributed by atoms with E-state index in [0.717, 1.165) is 11.8 Å². The summed E-state index contributed by atoms with van der Waals surface area (Å²) in [6, 6.07) is 0.662. The van der Waals surface area contributed by atoms with Crippen molar-refractivity contribution in [2.24, 2.45) is 11.8 Å². The quantitative estimate of drug-likeness (QED) is 0.553. The first-order valence-corrected chi connectivity index (χ1v) is 4.46. The predicted molar refractivity (Wildman–Crippen MR) is 47.3 cm³/mol. The first kappa shape index (κ1) is 7.11. The van der Waals surface area contributed by atoms with E-state index in [2.05, 4.69) is 36.5 Å². The van der Waals surface area contributed by atoms with Gasteiger partial charge >= 0.3 is 0 Å². The van der Waals surface area contributed by atoms with Crippen LogP contribution in [-0.4, -0.2) is 12.6 Å². The molecule has 60 valence electrons. The Labute approximate surface area is 68.2 Å². The molecule has 11 heavy (non-hydrogen) atoms. The first-order chi connectivity index (χ1) is 5.38. The van der Waals surface area contributed by atoms with Gasteiger partial charge in [-0.15, -0.1) is 0 Å². The van der Waals surface area contributed by atoms with Crippen LogP contribution in [-0.2, 0) is 0 Å². The highest BCUT2D eigenvalue weighted by molar-refractivity contribution is 5.17. The Bertz CT molecular complexity index is 193. The van der Waals surface area contributed by atoms with Crippen LogP contribution in [0.1, 0.15) is 13.3 Å². The third-order valence-corrected chi connectivity index (χ3v) is 2.82. The van der Waals surface area contributed by atoms with Crippen molar-refractivity contribution in [3.63, 3.8) is 0 Å². The fourth-order valence-corrected chi connectivity index (χ4v) is 2.11. The van der Waals surface area contributed by atoms with E-state index >= 15 is 0 Å². The van der Waals surface area contributed by atoms with E-state index in [-0.39, 0.29) is 0 Å². The van der Waals surface area contributed by atoms with Crippen molar-refractivity contribution in [1.82, 2.24) is 5.32 Å². The maximum absolute atomic E-state index is 3.50. The van der Waals surface area contributed by atoms with Crippen molar-refractivity contribution in [3.8, 4) is 0 Å². The molecule has 1 aliphatic heterocycles. The van der Waals surface area contributed by atoms with Gasteiger partial charge in [0.1, 0.15) is 0 Å². The maximum Gasteiger partial charge on any atom is 0.0107 e. The summed E-state index contributed by atoms with van der Waals surface area (Å²) in [7, 11) is 0. The van der Waals surface area contributed by atoms with Gasteiger partial charge in [-0.2, -0.15) is 0 Å². The molecule has 1 heteroatoms. The van der Waals surface area contributed by atoms with Gasteiger partial charge in [0.2, 0.25) is 0 Å². The van der Waals surface area contributed by atoms with E-state index in [1.54, 1.807) is 0 Å². The zero-order chi connectivity index (χ0) is 7.68. The molecule has 1 fully saturated rings. The third-order valence-electron chi connectivity index (χ3n) is 2.82. The van der Waals surface area contributed by atoms with Crippen molar-refractivity contribution in [2.45, 2.75) is 19.4 Å². The van der Waals surface area contributed by atoms with Gasteiger partial charge in [-0.25, -0.2) is 0 Å². The summed E-state index contributed by atoms with van der Waals surface area (Å²) in [5.74, 6) is 1.55. The minimum atomic E-state index is 0.662. The third kappa shape index (κ3) is 1.25. The van der Waals surface area contributed by atoms with Crippen molar-refractivity contribution in [1.29, 1.82) is 0 Å². The van der Waals surface area contributed by atoms with E-state index < -0.39 is 0 Å². The fraction of sp³-hybridized carbons (Fsp3) is 0.600. The molecule has 2 rings (SSSR count). The molecular formula is C10H15N. The smallest absolute Gasteiger partial charge is 0.0107 e. The van der Waals surface area contributed by atoms with E-state index in [4.69, 9.17) is 0 Å². The lowest BCUT2D eigenvalue weighted by Gasteiger charge is -2.35. The second kappa shape index (κ2) is 2.82. The number of hydrogen-bond donors (Lipinski definition) is 1. The summed E-state index contributed by atoms with van der Waals surface area (Å²) < 4.78 is 0.